The maximum Gasteiger partial charge on any atom is 0.235 e. The Kier molecular flexibility index (Phi) is 4.43. The minimum atomic E-state index is -0.431. The standard InChI is InChI=1S/C23H23FN4O2/c24-16-4-1-3-13(11-16)12-28-22(29)18-17-5-2-10-27(17)20(19(18)23(28)30)14-6-8-15(9-7-14)21(25)26/h1,3-4,6-9,11,17-20H,2,5,10,12H2,(H3,25,26)/t17?,18-,19-,20-/m0/s1. The van der Waals surface area contributed by atoms with Crippen molar-refractivity contribution < 1.29 is 14.0 Å². The number of hydrogen-bond acceptors (Lipinski definition) is 4. The Hall–Kier alpha value is -3.06. The molecule has 1 unspecified atom stereocenters. The molecule has 0 saturated carbocycles. The molecule has 154 valence electrons. The van der Waals surface area contributed by atoms with Gasteiger partial charge in [0.15, 0.2) is 0 Å². The molecule has 2 amide bonds. The van der Waals surface area contributed by atoms with Gasteiger partial charge in [-0.25, -0.2) is 4.39 Å². The second-order valence-electron chi connectivity index (χ2n) is 8.37. The molecule has 3 aliphatic heterocycles. The Balaban J connectivity index is 1.49. The molecule has 3 N–H and O–H groups in total. The van der Waals surface area contributed by atoms with Gasteiger partial charge in [-0.05, 0) is 42.6 Å². The zero-order valence-corrected chi connectivity index (χ0v) is 16.4. The van der Waals surface area contributed by atoms with Crippen LogP contribution in [0.2, 0.25) is 0 Å². The zero-order chi connectivity index (χ0) is 21.0. The summed E-state index contributed by atoms with van der Waals surface area (Å²) >= 11 is 0. The van der Waals surface area contributed by atoms with E-state index < -0.39 is 5.92 Å². The monoisotopic (exact) mass is 406 g/mol. The van der Waals surface area contributed by atoms with Crippen LogP contribution in [-0.4, -0.2) is 40.0 Å². The van der Waals surface area contributed by atoms with Crippen molar-refractivity contribution in [2.75, 3.05) is 6.54 Å². The quantitative estimate of drug-likeness (QED) is 0.464. The molecule has 0 aliphatic carbocycles. The van der Waals surface area contributed by atoms with Gasteiger partial charge in [0.2, 0.25) is 11.8 Å². The lowest BCUT2D eigenvalue weighted by Crippen LogP contribution is -2.38. The highest BCUT2D eigenvalue weighted by atomic mass is 19.1. The number of halogens is 1. The highest BCUT2D eigenvalue weighted by Crippen LogP contribution is 2.53. The Morgan fingerprint density at radius 1 is 1.10 bits per heavy atom. The van der Waals surface area contributed by atoms with Crippen molar-refractivity contribution in [1.29, 1.82) is 5.41 Å². The molecule has 6 nitrogen and oxygen atoms in total. The van der Waals surface area contributed by atoms with Gasteiger partial charge in [0.1, 0.15) is 11.7 Å². The van der Waals surface area contributed by atoms with Crippen LogP contribution in [-0.2, 0) is 16.1 Å². The topological polar surface area (TPSA) is 90.5 Å². The lowest BCUT2D eigenvalue weighted by atomic mass is 9.85. The Morgan fingerprint density at radius 2 is 1.83 bits per heavy atom. The largest absolute Gasteiger partial charge is 0.384 e. The maximum atomic E-state index is 13.6. The highest BCUT2D eigenvalue weighted by molar-refractivity contribution is 6.06. The van der Waals surface area contributed by atoms with Crippen LogP contribution >= 0.6 is 0 Å². The summed E-state index contributed by atoms with van der Waals surface area (Å²) in [4.78, 5) is 30.3. The number of amidine groups is 1. The fraction of sp³-hybridized carbons (Fsp3) is 0.348. The molecule has 0 aromatic heterocycles. The average molecular weight is 406 g/mol. The maximum absolute atomic E-state index is 13.6. The van der Waals surface area contributed by atoms with E-state index in [2.05, 4.69) is 4.90 Å². The van der Waals surface area contributed by atoms with E-state index in [1.165, 1.54) is 17.0 Å². The van der Waals surface area contributed by atoms with Gasteiger partial charge in [0, 0.05) is 17.6 Å². The van der Waals surface area contributed by atoms with Crippen LogP contribution < -0.4 is 5.73 Å². The lowest BCUT2D eigenvalue weighted by molar-refractivity contribution is -0.142. The van der Waals surface area contributed by atoms with Crippen LogP contribution in [0.15, 0.2) is 48.5 Å². The Morgan fingerprint density at radius 3 is 2.53 bits per heavy atom. The first-order chi connectivity index (χ1) is 14.5. The van der Waals surface area contributed by atoms with E-state index in [1.54, 1.807) is 24.3 Å². The van der Waals surface area contributed by atoms with Crippen molar-refractivity contribution in [2.24, 2.45) is 17.6 Å². The van der Waals surface area contributed by atoms with E-state index in [-0.39, 0.29) is 48.0 Å². The number of imide groups is 1. The van der Waals surface area contributed by atoms with E-state index in [0.717, 1.165) is 24.9 Å². The van der Waals surface area contributed by atoms with Crippen LogP contribution in [0.3, 0.4) is 0 Å². The second kappa shape index (κ2) is 7.02. The minimum absolute atomic E-state index is 0.00159. The molecule has 0 radical (unpaired) electrons. The summed E-state index contributed by atoms with van der Waals surface area (Å²) in [7, 11) is 0. The van der Waals surface area contributed by atoms with E-state index in [0.29, 0.717) is 11.1 Å². The van der Waals surface area contributed by atoms with Crippen molar-refractivity contribution in [3.63, 3.8) is 0 Å². The van der Waals surface area contributed by atoms with Crippen LogP contribution in [0.5, 0.6) is 0 Å². The molecule has 5 rings (SSSR count). The number of rotatable bonds is 4. The smallest absolute Gasteiger partial charge is 0.235 e. The molecule has 4 atom stereocenters. The van der Waals surface area contributed by atoms with Crippen molar-refractivity contribution in [2.45, 2.75) is 31.5 Å². The van der Waals surface area contributed by atoms with Gasteiger partial charge in [-0.2, -0.15) is 0 Å². The molecule has 3 saturated heterocycles. The molecule has 3 aliphatic rings. The molecule has 2 aromatic carbocycles. The van der Waals surface area contributed by atoms with E-state index in [4.69, 9.17) is 11.1 Å². The summed E-state index contributed by atoms with van der Waals surface area (Å²) in [5.74, 6) is -1.49. The Labute approximate surface area is 174 Å². The summed E-state index contributed by atoms with van der Waals surface area (Å²) in [5.41, 5.74) is 7.78. The number of carbonyl (C=O) groups excluding carboxylic acids is 2. The molecule has 3 fully saturated rings. The minimum Gasteiger partial charge on any atom is -0.384 e. The highest BCUT2D eigenvalue weighted by Gasteiger charge is 2.62. The second-order valence-corrected chi connectivity index (χ2v) is 8.37. The summed E-state index contributed by atoms with van der Waals surface area (Å²) in [6, 6.07) is 13.3. The van der Waals surface area contributed by atoms with Gasteiger partial charge in [-0.15, -0.1) is 0 Å². The molecular weight excluding hydrogens is 383 g/mol. The number of fused-ring (bicyclic) bond motifs is 3. The first kappa shape index (κ1) is 18.9. The molecule has 2 aromatic rings. The van der Waals surface area contributed by atoms with Gasteiger partial charge in [-0.1, -0.05) is 36.4 Å². The van der Waals surface area contributed by atoms with Crippen molar-refractivity contribution in [1.82, 2.24) is 9.80 Å². The number of nitrogen functional groups attached to an aromatic ring is 1. The predicted octanol–water partition coefficient (Wildman–Crippen LogP) is 2.43. The first-order valence-corrected chi connectivity index (χ1v) is 10.3. The third-order valence-electron chi connectivity index (χ3n) is 6.74. The van der Waals surface area contributed by atoms with E-state index in [1.807, 2.05) is 12.1 Å². The molecule has 0 spiro atoms. The average Bonchev–Trinajstić information content (AvgIpc) is 3.37. The normalized spacial score (nSPS) is 28.1. The van der Waals surface area contributed by atoms with Crippen molar-refractivity contribution >= 4 is 17.6 Å². The van der Waals surface area contributed by atoms with E-state index >= 15 is 0 Å². The fourth-order valence-electron chi connectivity index (χ4n) is 5.50. The summed E-state index contributed by atoms with van der Waals surface area (Å²) in [5, 5.41) is 7.59. The SMILES string of the molecule is N=C(N)c1ccc([C@H]2[C@H]3C(=O)N(Cc4cccc(F)c4)C(=O)[C@H]3C3CCCN32)cc1. The number of nitrogens with one attached hydrogen (secondary N) is 1. The third kappa shape index (κ3) is 2.84. The lowest BCUT2D eigenvalue weighted by Gasteiger charge is -2.29. The van der Waals surface area contributed by atoms with Gasteiger partial charge in [-0.3, -0.25) is 24.8 Å². The number of nitrogens with zero attached hydrogens (tertiary/aromatic N) is 2. The first-order valence-electron chi connectivity index (χ1n) is 10.3. The number of nitrogens with two attached hydrogens (primary N) is 1. The van der Waals surface area contributed by atoms with Crippen molar-refractivity contribution in [3.05, 3.63) is 71.0 Å². The molecular formula is C23H23FN4O2. The number of likely N-dealkylation sites (tertiary alicyclic amines) is 1. The molecule has 30 heavy (non-hydrogen) atoms. The van der Waals surface area contributed by atoms with E-state index in [9.17, 15) is 14.0 Å². The fourth-order valence-corrected chi connectivity index (χ4v) is 5.50. The van der Waals surface area contributed by atoms with Crippen LogP contribution in [0, 0.1) is 23.1 Å². The molecule has 7 heteroatoms. The van der Waals surface area contributed by atoms with Gasteiger partial charge >= 0.3 is 0 Å². The van der Waals surface area contributed by atoms with Crippen molar-refractivity contribution in [3.8, 4) is 0 Å². The summed E-state index contributed by atoms with van der Waals surface area (Å²) < 4.78 is 13.6. The predicted molar refractivity (Wildman–Crippen MR) is 109 cm³/mol. The van der Waals surface area contributed by atoms with Gasteiger partial charge in [0.05, 0.1) is 18.4 Å². The summed E-state index contributed by atoms with van der Waals surface area (Å²) in [6.45, 7) is 0.965. The summed E-state index contributed by atoms with van der Waals surface area (Å²) in [6.07, 6.45) is 1.90. The Bertz CT molecular complexity index is 1040. The van der Waals surface area contributed by atoms with Gasteiger partial charge < -0.3 is 5.73 Å². The number of benzene rings is 2. The number of amides is 2. The van der Waals surface area contributed by atoms with Crippen LogP contribution in [0.25, 0.3) is 0 Å². The number of hydrogen-bond donors (Lipinski definition) is 2. The third-order valence-corrected chi connectivity index (χ3v) is 6.74. The molecule has 0 bridgehead atoms. The number of carbonyl (C=O) groups is 2. The van der Waals surface area contributed by atoms with Gasteiger partial charge in [0.25, 0.3) is 0 Å². The molecule has 3 heterocycles. The zero-order valence-electron chi connectivity index (χ0n) is 16.4. The van der Waals surface area contributed by atoms with Crippen LogP contribution in [0.1, 0.15) is 35.6 Å². The van der Waals surface area contributed by atoms with Crippen LogP contribution in [0.4, 0.5) is 4.39 Å².